The van der Waals surface area contributed by atoms with E-state index in [2.05, 4.69) is 50.3 Å². The molecule has 0 saturated heterocycles. The van der Waals surface area contributed by atoms with E-state index in [9.17, 15) is 4.79 Å². The lowest BCUT2D eigenvalue weighted by atomic mass is 10.2. The summed E-state index contributed by atoms with van der Waals surface area (Å²) in [5.41, 5.74) is 5.39. The zero-order valence-corrected chi connectivity index (χ0v) is 12.5. The molecule has 2 aromatic heterocycles. The van der Waals surface area contributed by atoms with E-state index in [4.69, 9.17) is 0 Å². The Morgan fingerprint density at radius 1 is 1.41 bits per heavy atom. The van der Waals surface area contributed by atoms with E-state index in [0.29, 0.717) is 11.6 Å². The third-order valence-electron chi connectivity index (χ3n) is 3.40. The van der Waals surface area contributed by atoms with E-state index in [1.54, 1.807) is 13.1 Å². The Morgan fingerprint density at radius 3 is 3.00 bits per heavy atom. The van der Waals surface area contributed by atoms with E-state index in [1.807, 2.05) is 12.1 Å². The van der Waals surface area contributed by atoms with Crippen LogP contribution in [-0.4, -0.2) is 20.7 Å². The molecule has 112 valence electrons. The molecular formula is C16H17N5O. The summed E-state index contributed by atoms with van der Waals surface area (Å²) in [5, 5.41) is 5.31. The second kappa shape index (κ2) is 5.85. The van der Waals surface area contributed by atoms with Gasteiger partial charge in [0.2, 0.25) is 5.95 Å². The van der Waals surface area contributed by atoms with Gasteiger partial charge >= 0.3 is 0 Å². The zero-order chi connectivity index (χ0) is 15.5. The predicted molar refractivity (Wildman–Crippen MR) is 88.4 cm³/mol. The molecule has 6 heteroatoms. The van der Waals surface area contributed by atoms with Crippen molar-refractivity contribution >= 4 is 23.1 Å². The van der Waals surface area contributed by atoms with Crippen LogP contribution in [0.1, 0.15) is 18.2 Å². The first kappa shape index (κ1) is 14.1. The van der Waals surface area contributed by atoms with Crippen molar-refractivity contribution in [2.24, 2.45) is 5.10 Å². The number of aromatic nitrogens is 3. The molecule has 0 bridgehead atoms. The second-order valence-corrected chi connectivity index (χ2v) is 4.99. The Hall–Kier alpha value is -2.89. The van der Waals surface area contributed by atoms with Crippen LogP contribution in [-0.2, 0) is 6.54 Å². The summed E-state index contributed by atoms with van der Waals surface area (Å²) in [6, 6.07) is 9.62. The molecule has 22 heavy (non-hydrogen) atoms. The fourth-order valence-electron chi connectivity index (χ4n) is 2.43. The first-order valence-electron chi connectivity index (χ1n) is 7.12. The summed E-state index contributed by atoms with van der Waals surface area (Å²) in [6.45, 7) is 4.76. The highest BCUT2D eigenvalue weighted by molar-refractivity contribution is 5.99. The highest BCUT2D eigenvalue weighted by Crippen LogP contribution is 2.19. The first-order valence-corrected chi connectivity index (χ1v) is 7.12. The molecule has 0 spiro atoms. The maximum Gasteiger partial charge on any atom is 0.252 e. The molecule has 3 aromatic rings. The molecule has 0 unspecified atom stereocenters. The van der Waals surface area contributed by atoms with E-state index >= 15 is 0 Å². The number of para-hydroxylation sites is 1. The van der Waals surface area contributed by atoms with Crippen molar-refractivity contribution in [3.8, 4) is 0 Å². The van der Waals surface area contributed by atoms with Crippen molar-refractivity contribution in [3.05, 3.63) is 58.1 Å². The number of H-pyrrole nitrogens is 1. The highest BCUT2D eigenvalue weighted by atomic mass is 16.1. The van der Waals surface area contributed by atoms with Crippen LogP contribution in [0.4, 0.5) is 5.95 Å². The normalized spacial score (nSPS) is 11.4. The number of aromatic amines is 1. The Bertz CT molecular complexity index is 891. The van der Waals surface area contributed by atoms with Gasteiger partial charge in [-0.2, -0.15) is 5.10 Å². The van der Waals surface area contributed by atoms with Gasteiger partial charge in [0.05, 0.1) is 6.21 Å². The third kappa shape index (κ3) is 2.76. The van der Waals surface area contributed by atoms with E-state index < -0.39 is 0 Å². The van der Waals surface area contributed by atoms with E-state index in [-0.39, 0.29) is 5.56 Å². The summed E-state index contributed by atoms with van der Waals surface area (Å²) in [6.07, 6.45) is 3.79. The number of hydrazone groups is 1. The van der Waals surface area contributed by atoms with Crippen molar-refractivity contribution in [2.75, 3.05) is 5.43 Å². The fourth-order valence-corrected chi connectivity index (χ4v) is 2.43. The lowest BCUT2D eigenvalue weighted by molar-refractivity contribution is 0.797. The van der Waals surface area contributed by atoms with E-state index in [1.165, 1.54) is 11.6 Å². The van der Waals surface area contributed by atoms with Crippen LogP contribution in [0, 0.1) is 6.92 Å². The van der Waals surface area contributed by atoms with Crippen LogP contribution in [0.25, 0.3) is 10.9 Å². The molecule has 1 aromatic carbocycles. The first-order chi connectivity index (χ1) is 10.7. The van der Waals surface area contributed by atoms with Crippen LogP contribution < -0.4 is 11.0 Å². The average Bonchev–Trinajstić information content (AvgIpc) is 2.85. The van der Waals surface area contributed by atoms with Gasteiger partial charge in [0.1, 0.15) is 0 Å². The van der Waals surface area contributed by atoms with Crippen LogP contribution in [0.5, 0.6) is 0 Å². The van der Waals surface area contributed by atoms with Gasteiger partial charge in [-0.25, -0.2) is 10.4 Å². The Labute approximate surface area is 127 Å². The quantitative estimate of drug-likeness (QED) is 0.573. The lowest BCUT2D eigenvalue weighted by Gasteiger charge is -1.99. The largest absolute Gasteiger partial charge is 0.347 e. The van der Waals surface area contributed by atoms with Crippen molar-refractivity contribution in [2.45, 2.75) is 20.4 Å². The molecule has 0 amide bonds. The number of aryl methyl sites for hydroxylation is 2. The Morgan fingerprint density at radius 2 is 2.23 bits per heavy atom. The molecule has 0 fully saturated rings. The van der Waals surface area contributed by atoms with Crippen LogP contribution in [0.2, 0.25) is 0 Å². The predicted octanol–water partition coefficient (Wildman–Crippen LogP) is 2.50. The van der Waals surface area contributed by atoms with E-state index in [0.717, 1.165) is 17.5 Å². The van der Waals surface area contributed by atoms with Crippen molar-refractivity contribution in [1.29, 1.82) is 0 Å². The van der Waals surface area contributed by atoms with Crippen molar-refractivity contribution in [3.63, 3.8) is 0 Å². The van der Waals surface area contributed by atoms with Crippen LogP contribution >= 0.6 is 0 Å². The van der Waals surface area contributed by atoms with Crippen molar-refractivity contribution in [1.82, 2.24) is 14.5 Å². The molecule has 3 rings (SSSR count). The number of fused-ring (bicyclic) bond motifs is 1. The molecule has 0 aliphatic rings. The van der Waals surface area contributed by atoms with Gasteiger partial charge in [-0.05, 0) is 19.9 Å². The van der Waals surface area contributed by atoms with Gasteiger partial charge in [0, 0.05) is 41.0 Å². The zero-order valence-electron chi connectivity index (χ0n) is 12.5. The molecule has 0 atom stereocenters. The molecule has 2 N–H and O–H groups in total. The number of anilines is 1. The molecule has 6 nitrogen and oxygen atoms in total. The van der Waals surface area contributed by atoms with Gasteiger partial charge in [0.25, 0.3) is 5.56 Å². The number of nitrogens with zero attached hydrogens (tertiary/aromatic N) is 3. The van der Waals surface area contributed by atoms with Gasteiger partial charge < -0.3 is 4.57 Å². The van der Waals surface area contributed by atoms with Gasteiger partial charge in [-0.15, -0.1) is 0 Å². The fraction of sp³-hybridized carbons (Fsp3) is 0.188. The maximum absolute atomic E-state index is 11.4. The summed E-state index contributed by atoms with van der Waals surface area (Å²) in [5.74, 6) is 0.334. The van der Waals surface area contributed by atoms with Crippen LogP contribution in [0.3, 0.4) is 0 Å². The number of nitrogens with one attached hydrogen (secondary N) is 2. The maximum atomic E-state index is 11.4. The summed E-state index contributed by atoms with van der Waals surface area (Å²) >= 11 is 0. The average molecular weight is 295 g/mol. The minimum atomic E-state index is -0.201. The topological polar surface area (TPSA) is 75.1 Å². The SMILES string of the molecule is CCn1cc(/C=N\Nc2nc(C)cc(=O)[nH]2)c2ccccc21. The highest BCUT2D eigenvalue weighted by Gasteiger charge is 2.04. The summed E-state index contributed by atoms with van der Waals surface area (Å²) in [7, 11) is 0. The lowest BCUT2D eigenvalue weighted by Crippen LogP contribution is -2.10. The summed E-state index contributed by atoms with van der Waals surface area (Å²) < 4.78 is 2.17. The number of hydrogen-bond donors (Lipinski definition) is 2. The number of hydrogen-bond acceptors (Lipinski definition) is 4. The molecule has 0 radical (unpaired) electrons. The number of rotatable bonds is 4. The Kier molecular flexibility index (Phi) is 3.74. The minimum Gasteiger partial charge on any atom is -0.347 e. The Balaban J connectivity index is 1.88. The second-order valence-electron chi connectivity index (χ2n) is 4.99. The molecule has 2 heterocycles. The van der Waals surface area contributed by atoms with Crippen LogP contribution in [0.15, 0.2) is 46.4 Å². The minimum absolute atomic E-state index is 0.201. The molecule has 0 saturated carbocycles. The smallest absolute Gasteiger partial charge is 0.252 e. The molecule has 0 aliphatic carbocycles. The van der Waals surface area contributed by atoms with Gasteiger partial charge in [0.15, 0.2) is 0 Å². The summed E-state index contributed by atoms with van der Waals surface area (Å²) in [4.78, 5) is 18.1. The third-order valence-corrected chi connectivity index (χ3v) is 3.40. The molecular weight excluding hydrogens is 278 g/mol. The van der Waals surface area contributed by atoms with Crippen molar-refractivity contribution < 1.29 is 0 Å². The number of benzene rings is 1. The monoisotopic (exact) mass is 295 g/mol. The standard InChI is InChI=1S/C16H17N5O/c1-3-21-10-12(13-6-4-5-7-14(13)21)9-17-20-16-18-11(2)8-15(22)19-16/h4-10H,3H2,1-2H3,(H2,18,19,20,22)/b17-9-. The van der Waals surface area contributed by atoms with Gasteiger partial charge in [-0.3, -0.25) is 9.78 Å². The van der Waals surface area contributed by atoms with Gasteiger partial charge in [-0.1, -0.05) is 18.2 Å². The molecule has 0 aliphatic heterocycles.